The average molecular weight is 423 g/mol. The molecule has 9 heteroatoms. The Bertz CT molecular complexity index is 1170. The van der Waals surface area contributed by atoms with E-state index in [4.69, 9.17) is 14.2 Å². The second-order valence-electron chi connectivity index (χ2n) is 6.52. The first-order valence-corrected chi connectivity index (χ1v) is 9.13. The Hall–Kier alpha value is -4.27. The van der Waals surface area contributed by atoms with Crippen LogP contribution in [0.25, 0.3) is 0 Å². The average Bonchev–Trinajstić information content (AvgIpc) is 2.78. The molecule has 31 heavy (non-hydrogen) atoms. The summed E-state index contributed by atoms with van der Waals surface area (Å²) >= 11 is 0. The van der Waals surface area contributed by atoms with Crippen molar-refractivity contribution >= 4 is 17.4 Å². The summed E-state index contributed by atoms with van der Waals surface area (Å²) in [5.74, 6) is -1.26. The summed E-state index contributed by atoms with van der Waals surface area (Å²) in [6, 6.07) is 13.1. The summed E-state index contributed by atoms with van der Waals surface area (Å²) < 4.78 is 28.9. The number of carbonyl (C=O) groups excluding carboxylic acids is 2. The quantitative estimate of drug-likeness (QED) is 0.201. The third-order valence-corrected chi connectivity index (χ3v) is 4.51. The molecule has 0 amide bonds. The summed E-state index contributed by atoms with van der Waals surface area (Å²) in [6.45, 7) is 0.500. The zero-order valence-corrected chi connectivity index (χ0v) is 15.9. The second-order valence-corrected chi connectivity index (χ2v) is 6.52. The van der Waals surface area contributed by atoms with Gasteiger partial charge in [-0.1, -0.05) is 0 Å². The van der Waals surface area contributed by atoms with Gasteiger partial charge in [0.25, 0.3) is 5.69 Å². The molecule has 1 aliphatic heterocycles. The predicted octanol–water partition coefficient (Wildman–Crippen LogP) is 3.96. The molecule has 0 bridgehead atoms. The highest BCUT2D eigenvalue weighted by Crippen LogP contribution is 2.37. The number of halogens is 1. The topological polar surface area (TPSA) is 105 Å². The number of ketones is 1. The zero-order valence-electron chi connectivity index (χ0n) is 15.9. The third kappa shape index (κ3) is 4.20. The number of carbonyl (C=O) groups is 2. The van der Waals surface area contributed by atoms with Crippen molar-refractivity contribution in [2.75, 3.05) is 13.2 Å². The van der Waals surface area contributed by atoms with Gasteiger partial charge in [-0.3, -0.25) is 14.9 Å². The van der Waals surface area contributed by atoms with Crippen LogP contribution in [0.4, 0.5) is 10.1 Å². The molecule has 0 fully saturated rings. The first kappa shape index (κ1) is 20.0. The van der Waals surface area contributed by atoms with E-state index >= 15 is 0 Å². The van der Waals surface area contributed by atoms with Crippen LogP contribution in [0.5, 0.6) is 17.2 Å². The maximum atomic E-state index is 13.0. The lowest BCUT2D eigenvalue weighted by molar-refractivity contribution is -0.385. The van der Waals surface area contributed by atoms with Crippen molar-refractivity contribution in [1.82, 2.24) is 0 Å². The molecule has 1 aliphatic rings. The monoisotopic (exact) mass is 423 g/mol. The number of nitro benzene ring substituents is 1. The van der Waals surface area contributed by atoms with Gasteiger partial charge in [0.2, 0.25) is 0 Å². The fourth-order valence-corrected chi connectivity index (χ4v) is 3.00. The van der Waals surface area contributed by atoms with Crippen molar-refractivity contribution in [2.24, 2.45) is 0 Å². The summed E-state index contributed by atoms with van der Waals surface area (Å²) in [5, 5.41) is 11.4. The molecule has 0 saturated heterocycles. The van der Waals surface area contributed by atoms with Crippen molar-refractivity contribution in [2.45, 2.75) is 0 Å². The van der Waals surface area contributed by atoms with Crippen LogP contribution >= 0.6 is 0 Å². The molecule has 0 radical (unpaired) electrons. The Labute approximate surface area is 174 Å². The lowest BCUT2D eigenvalue weighted by Gasteiger charge is -2.18. The van der Waals surface area contributed by atoms with E-state index in [1.807, 2.05) is 0 Å². The van der Waals surface area contributed by atoms with Crippen LogP contribution in [0.1, 0.15) is 26.3 Å². The minimum absolute atomic E-state index is 0.0878. The lowest BCUT2D eigenvalue weighted by Crippen LogP contribution is -2.18. The molecule has 0 spiro atoms. The molecule has 0 atom stereocenters. The molecule has 0 unspecified atom stereocenters. The molecular weight excluding hydrogens is 409 g/mol. The van der Waals surface area contributed by atoms with Crippen LogP contribution < -0.4 is 14.2 Å². The van der Waals surface area contributed by atoms with Crippen LogP contribution in [-0.4, -0.2) is 29.9 Å². The van der Waals surface area contributed by atoms with E-state index in [1.54, 1.807) is 0 Å². The Kier molecular flexibility index (Phi) is 5.31. The highest BCUT2D eigenvalue weighted by atomic mass is 19.1. The molecule has 0 N–H and O–H groups in total. The van der Waals surface area contributed by atoms with E-state index in [-0.39, 0.29) is 41.8 Å². The molecule has 156 valence electrons. The molecule has 3 aromatic rings. The van der Waals surface area contributed by atoms with Gasteiger partial charge in [-0.2, -0.15) is 0 Å². The van der Waals surface area contributed by atoms with Crippen molar-refractivity contribution in [3.63, 3.8) is 0 Å². The first-order valence-electron chi connectivity index (χ1n) is 9.13. The molecule has 4 rings (SSSR count). The Morgan fingerprint density at radius 1 is 0.903 bits per heavy atom. The Morgan fingerprint density at radius 2 is 1.45 bits per heavy atom. The number of ether oxygens (including phenoxy) is 3. The van der Waals surface area contributed by atoms with Gasteiger partial charge in [0.1, 0.15) is 30.3 Å². The fraction of sp³-hybridized carbons (Fsp3) is 0.0909. The maximum Gasteiger partial charge on any atom is 0.350 e. The Balaban J connectivity index is 1.54. The van der Waals surface area contributed by atoms with E-state index in [0.717, 1.165) is 6.07 Å². The minimum Gasteiger partial charge on any atom is -0.486 e. The number of nitro groups is 1. The van der Waals surface area contributed by atoms with Crippen molar-refractivity contribution in [3.8, 4) is 17.2 Å². The number of hydrogen-bond donors (Lipinski definition) is 0. The van der Waals surface area contributed by atoms with Crippen LogP contribution in [0, 0.1) is 15.9 Å². The van der Waals surface area contributed by atoms with Crippen molar-refractivity contribution < 1.29 is 33.1 Å². The van der Waals surface area contributed by atoms with Crippen molar-refractivity contribution in [3.05, 3.63) is 93.3 Å². The summed E-state index contributed by atoms with van der Waals surface area (Å²) in [6.07, 6.45) is 0. The maximum absolute atomic E-state index is 13.0. The van der Waals surface area contributed by atoms with E-state index in [2.05, 4.69) is 0 Å². The van der Waals surface area contributed by atoms with Gasteiger partial charge in [-0.15, -0.1) is 0 Å². The van der Waals surface area contributed by atoms with Crippen LogP contribution in [0.3, 0.4) is 0 Å². The molecule has 0 saturated carbocycles. The third-order valence-electron chi connectivity index (χ3n) is 4.51. The number of rotatable bonds is 5. The first-order chi connectivity index (χ1) is 14.9. The highest BCUT2D eigenvalue weighted by molar-refractivity contribution is 6.09. The largest absolute Gasteiger partial charge is 0.486 e. The molecular formula is C22H14FNO7. The molecule has 8 nitrogen and oxygen atoms in total. The van der Waals surface area contributed by atoms with E-state index < -0.39 is 22.4 Å². The molecule has 0 aromatic heterocycles. The molecule has 0 aliphatic carbocycles. The SMILES string of the molecule is O=C(c1ccc(F)cc1)c1ccc(OC(=O)c2cc3c(cc2[N+](=O)[O-])OCCO3)cc1. The zero-order chi connectivity index (χ0) is 22.0. The minimum atomic E-state index is -0.957. The summed E-state index contributed by atoms with van der Waals surface area (Å²) in [5.41, 5.74) is -0.159. The number of fused-ring (bicyclic) bond motifs is 1. The van der Waals surface area contributed by atoms with Gasteiger partial charge in [0, 0.05) is 17.2 Å². The molecule has 3 aromatic carbocycles. The highest BCUT2D eigenvalue weighted by Gasteiger charge is 2.27. The fourth-order valence-electron chi connectivity index (χ4n) is 3.00. The number of nitrogens with zero attached hydrogens (tertiary/aromatic N) is 1. The standard InChI is InChI=1S/C22H14FNO7/c23-15-5-1-13(2-6-15)21(25)14-3-7-16(8-4-14)31-22(26)17-11-19-20(30-10-9-29-19)12-18(17)24(27)28/h1-8,11-12H,9-10H2. The van der Waals surface area contributed by atoms with E-state index in [9.17, 15) is 24.1 Å². The van der Waals surface area contributed by atoms with Gasteiger partial charge < -0.3 is 14.2 Å². The predicted molar refractivity (Wildman–Crippen MR) is 105 cm³/mol. The van der Waals surface area contributed by atoms with Crippen LogP contribution in [0.2, 0.25) is 0 Å². The lowest BCUT2D eigenvalue weighted by atomic mass is 10.0. The summed E-state index contributed by atoms with van der Waals surface area (Å²) in [7, 11) is 0. The normalized spacial score (nSPS) is 12.2. The molecule has 1 heterocycles. The number of hydrogen-bond acceptors (Lipinski definition) is 7. The van der Waals surface area contributed by atoms with Gasteiger partial charge in [0.15, 0.2) is 17.3 Å². The number of benzene rings is 3. The van der Waals surface area contributed by atoms with Gasteiger partial charge in [-0.25, -0.2) is 9.18 Å². The van der Waals surface area contributed by atoms with Crippen molar-refractivity contribution in [1.29, 1.82) is 0 Å². The summed E-state index contributed by atoms with van der Waals surface area (Å²) in [4.78, 5) is 35.7. The van der Waals surface area contributed by atoms with Gasteiger partial charge >= 0.3 is 5.97 Å². The number of esters is 1. The van der Waals surface area contributed by atoms with E-state index in [0.29, 0.717) is 11.1 Å². The van der Waals surface area contributed by atoms with E-state index in [1.165, 1.54) is 54.6 Å². The van der Waals surface area contributed by atoms with Gasteiger partial charge in [0.05, 0.1) is 11.0 Å². The van der Waals surface area contributed by atoms with Gasteiger partial charge in [-0.05, 0) is 48.5 Å². The van der Waals surface area contributed by atoms with Crippen LogP contribution in [-0.2, 0) is 0 Å². The second kappa shape index (κ2) is 8.23. The Morgan fingerprint density at radius 3 is 2.03 bits per heavy atom. The smallest absolute Gasteiger partial charge is 0.350 e. The van der Waals surface area contributed by atoms with Crippen LogP contribution in [0.15, 0.2) is 60.7 Å².